The van der Waals surface area contributed by atoms with Gasteiger partial charge in [0.15, 0.2) is 0 Å². The fourth-order valence-electron chi connectivity index (χ4n) is 2.07. The van der Waals surface area contributed by atoms with E-state index < -0.39 is 0 Å². The Morgan fingerprint density at radius 1 is 1.11 bits per heavy atom. The van der Waals surface area contributed by atoms with Gasteiger partial charge >= 0.3 is 0 Å². The van der Waals surface area contributed by atoms with Crippen LogP contribution in [-0.4, -0.2) is 0 Å². The van der Waals surface area contributed by atoms with Crippen molar-refractivity contribution in [3.63, 3.8) is 0 Å². The molecule has 1 aromatic carbocycles. The highest BCUT2D eigenvalue weighted by atomic mass is 32.1. The van der Waals surface area contributed by atoms with Crippen molar-refractivity contribution in [3.05, 3.63) is 57.6 Å². The molecule has 0 radical (unpaired) electrons. The van der Waals surface area contributed by atoms with Crippen LogP contribution in [0.2, 0.25) is 0 Å². The van der Waals surface area contributed by atoms with Crippen molar-refractivity contribution < 1.29 is 0 Å². The molecule has 1 unspecified atom stereocenters. The molecule has 3 rings (SSSR count). The number of thiophene rings is 2. The fourth-order valence-corrected chi connectivity index (χ4v) is 3.79. The van der Waals surface area contributed by atoms with Gasteiger partial charge in [0.2, 0.25) is 0 Å². The molecule has 0 aliphatic heterocycles. The lowest BCUT2D eigenvalue weighted by atomic mass is 10.1. The van der Waals surface area contributed by atoms with Gasteiger partial charge in [-0.2, -0.15) is 0 Å². The standard InChI is InChI=1S/C15H15NS2/c1-11(14-7-4-8-17-14)16-9-12-10-18-15-6-3-2-5-13(12)15/h2-8,10-11,16H,9H2,1H3. The molecule has 2 heterocycles. The van der Waals surface area contributed by atoms with Crippen molar-refractivity contribution >= 4 is 32.8 Å². The van der Waals surface area contributed by atoms with Crippen LogP contribution in [0.25, 0.3) is 10.1 Å². The van der Waals surface area contributed by atoms with E-state index in [-0.39, 0.29) is 0 Å². The van der Waals surface area contributed by atoms with E-state index in [2.05, 4.69) is 59.4 Å². The van der Waals surface area contributed by atoms with Gasteiger partial charge in [-0.25, -0.2) is 0 Å². The molecule has 92 valence electrons. The van der Waals surface area contributed by atoms with Crippen molar-refractivity contribution in [2.75, 3.05) is 0 Å². The largest absolute Gasteiger partial charge is 0.305 e. The molecule has 1 atom stereocenters. The molecule has 0 fully saturated rings. The first kappa shape index (κ1) is 11.9. The van der Waals surface area contributed by atoms with Crippen LogP contribution < -0.4 is 5.32 Å². The normalized spacial score (nSPS) is 12.9. The minimum absolute atomic E-state index is 0.420. The summed E-state index contributed by atoms with van der Waals surface area (Å²) >= 11 is 3.64. The maximum absolute atomic E-state index is 3.60. The highest BCUT2D eigenvalue weighted by Gasteiger charge is 2.07. The second-order valence-electron chi connectivity index (χ2n) is 4.38. The summed E-state index contributed by atoms with van der Waals surface area (Å²) in [6, 6.07) is 13.3. The first-order valence-corrected chi connectivity index (χ1v) is 7.82. The molecular weight excluding hydrogens is 258 g/mol. The van der Waals surface area contributed by atoms with Crippen LogP contribution >= 0.6 is 22.7 Å². The average Bonchev–Trinajstić information content (AvgIpc) is 3.06. The average molecular weight is 273 g/mol. The van der Waals surface area contributed by atoms with Gasteiger partial charge in [-0.1, -0.05) is 24.3 Å². The first-order valence-electron chi connectivity index (χ1n) is 6.06. The molecule has 1 N–H and O–H groups in total. The second kappa shape index (κ2) is 5.22. The summed E-state index contributed by atoms with van der Waals surface area (Å²) in [4.78, 5) is 1.40. The Bertz CT molecular complexity index is 625. The van der Waals surface area contributed by atoms with Gasteiger partial charge in [-0.05, 0) is 40.8 Å². The summed E-state index contributed by atoms with van der Waals surface area (Å²) in [7, 11) is 0. The molecule has 0 spiro atoms. The van der Waals surface area contributed by atoms with Crippen molar-refractivity contribution in [1.82, 2.24) is 5.32 Å². The third kappa shape index (κ3) is 2.34. The van der Waals surface area contributed by atoms with E-state index in [9.17, 15) is 0 Å². The van der Waals surface area contributed by atoms with E-state index in [4.69, 9.17) is 0 Å². The van der Waals surface area contributed by atoms with E-state index in [1.165, 1.54) is 20.5 Å². The number of rotatable bonds is 4. The Labute approximate surface area is 115 Å². The highest BCUT2D eigenvalue weighted by molar-refractivity contribution is 7.17. The van der Waals surface area contributed by atoms with Crippen molar-refractivity contribution in [3.8, 4) is 0 Å². The van der Waals surface area contributed by atoms with Crippen LogP contribution in [0.3, 0.4) is 0 Å². The monoisotopic (exact) mass is 273 g/mol. The van der Waals surface area contributed by atoms with Crippen LogP contribution in [0, 0.1) is 0 Å². The zero-order valence-corrected chi connectivity index (χ0v) is 11.9. The van der Waals surface area contributed by atoms with Gasteiger partial charge in [-0.3, -0.25) is 0 Å². The third-order valence-corrected chi connectivity index (χ3v) is 5.20. The molecule has 0 saturated carbocycles. The minimum Gasteiger partial charge on any atom is -0.305 e. The molecule has 2 aromatic heterocycles. The van der Waals surface area contributed by atoms with Gasteiger partial charge in [0.25, 0.3) is 0 Å². The molecule has 3 heteroatoms. The SMILES string of the molecule is CC(NCc1csc2ccccc12)c1cccs1. The smallest absolute Gasteiger partial charge is 0.0388 e. The van der Waals surface area contributed by atoms with E-state index in [1.807, 2.05) is 22.7 Å². The van der Waals surface area contributed by atoms with Gasteiger partial charge in [0.05, 0.1) is 0 Å². The Morgan fingerprint density at radius 2 is 2.00 bits per heavy atom. The summed E-state index contributed by atoms with van der Waals surface area (Å²) in [6.07, 6.45) is 0. The Morgan fingerprint density at radius 3 is 2.83 bits per heavy atom. The third-order valence-electron chi connectivity index (χ3n) is 3.13. The zero-order chi connectivity index (χ0) is 12.4. The molecule has 0 amide bonds. The van der Waals surface area contributed by atoms with Crippen molar-refractivity contribution in [2.24, 2.45) is 0 Å². The molecule has 0 aliphatic carbocycles. The number of hydrogen-bond donors (Lipinski definition) is 1. The van der Waals surface area contributed by atoms with Gasteiger partial charge in [0, 0.05) is 22.2 Å². The molecule has 0 aliphatic rings. The van der Waals surface area contributed by atoms with E-state index in [1.54, 1.807) is 0 Å². The second-order valence-corrected chi connectivity index (χ2v) is 6.27. The molecule has 18 heavy (non-hydrogen) atoms. The van der Waals surface area contributed by atoms with E-state index >= 15 is 0 Å². The minimum atomic E-state index is 0.420. The summed E-state index contributed by atoms with van der Waals surface area (Å²) < 4.78 is 1.37. The lowest BCUT2D eigenvalue weighted by molar-refractivity contribution is 0.585. The molecule has 3 aromatic rings. The quantitative estimate of drug-likeness (QED) is 0.719. The van der Waals surface area contributed by atoms with Gasteiger partial charge < -0.3 is 5.32 Å². The summed E-state index contributed by atoms with van der Waals surface area (Å²) in [5, 5.41) is 9.37. The predicted octanol–water partition coefficient (Wildman–Crippen LogP) is 4.81. The number of benzene rings is 1. The van der Waals surface area contributed by atoms with Crippen LogP contribution in [0.1, 0.15) is 23.4 Å². The number of nitrogens with one attached hydrogen (secondary N) is 1. The predicted molar refractivity (Wildman–Crippen MR) is 81.4 cm³/mol. The van der Waals surface area contributed by atoms with Crippen molar-refractivity contribution in [2.45, 2.75) is 19.5 Å². The Hall–Kier alpha value is -1.16. The number of hydrogen-bond acceptors (Lipinski definition) is 3. The van der Waals surface area contributed by atoms with Crippen molar-refractivity contribution in [1.29, 1.82) is 0 Å². The maximum atomic E-state index is 3.60. The first-order chi connectivity index (χ1) is 8.84. The van der Waals surface area contributed by atoms with Crippen LogP contribution in [-0.2, 0) is 6.54 Å². The lowest BCUT2D eigenvalue weighted by Crippen LogP contribution is -2.16. The topological polar surface area (TPSA) is 12.0 Å². The zero-order valence-electron chi connectivity index (χ0n) is 10.2. The Balaban J connectivity index is 1.73. The molecular formula is C15H15NS2. The number of fused-ring (bicyclic) bond motifs is 1. The maximum Gasteiger partial charge on any atom is 0.0388 e. The summed E-state index contributed by atoms with van der Waals surface area (Å²) in [6.45, 7) is 3.16. The van der Waals surface area contributed by atoms with Crippen LogP contribution in [0.5, 0.6) is 0 Å². The Kier molecular flexibility index (Phi) is 3.46. The molecule has 0 saturated heterocycles. The van der Waals surface area contributed by atoms with Crippen LogP contribution in [0.4, 0.5) is 0 Å². The molecule has 0 bridgehead atoms. The lowest BCUT2D eigenvalue weighted by Gasteiger charge is -2.11. The van der Waals surface area contributed by atoms with Crippen LogP contribution in [0.15, 0.2) is 47.2 Å². The molecule has 1 nitrogen and oxygen atoms in total. The van der Waals surface area contributed by atoms with E-state index in [0.29, 0.717) is 6.04 Å². The summed E-state index contributed by atoms with van der Waals surface area (Å²) in [5.74, 6) is 0. The highest BCUT2D eigenvalue weighted by Crippen LogP contribution is 2.26. The summed E-state index contributed by atoms with van der Waals surface area (Å²) in [5.41, 5.74) is 1.40. The fraction of sp³-hybridized carbons (Fsp3) is 0.200. The van der Waals surface area contributed by atoms with Gasteiger partial charge in [0.1, 0.15) is 0 Å². The van der Waals surface area contributed by atoms with E-state index in [0.717, 1.165) is 6.54 Å². The van der Waals surface area contributed by atoms with Gasteiger partial charge in [-0.15, -0.1) is 22.7 Å².